The molecular weight excluding hydrogens is 286 g/mol. The van der Waals surface area contributed by atoms with Crippen LogP contribution in [0.25, 0.3) is 6.08 Å². The molecule has 2 aromatic rings. The highest BCUT2D eigenvalue weighted by molar-refractivity contribution is 5.91. The fourth-order valence-electron chi connectivity index (χ4n) is 2.57. The van der Waals surface area contributed by atoms with Crippen molar-refractivity contribution in [1.29, 1.82) is 0 Å². The highest BCUT2D eigenvalue weighted by atomic mass is 16.5. The van der Waals surface area contributed by atoms with Crippen molar-refractivity contribution in [3.63, 3.8) is 0 Å². The minimum atomic E-state index is -0.478. The number of carbonyl (C=O) groups excluding carboxylic acids is 1. The molecule has 2 aromatic carbocycles. The minimum absolute atomic E-state index is 0.0188. The first-order valence-corrected chi connectivity index (χ1v) is 7.69. The molecule has 0 spiro atoms. The van der Waals surface area contributed by atoms with Crippen LogP contribution in [0.5, 0.6) is 5.75 Å². The van der Waals surface area contributed by atoms with Crippen molar-refractivity contribution < 1.29 is 9.53 Å². The van der Waals surface area contributed by atoms with Gasteiger partial charge in [-0.05, 0) is 24.6 Å². The van der Waals surface area contributed by atoms with E-state index in [1.807, 2.05) is 85.8 Å². The first-order valence-electron chi connectivity index (χ1n) is 7.69. The molecular formula is C20H19NO2. The Kier molecular flexibility index (Phi) is 4.57. The number of hydrogen-bond acceptors (Lipinski definition) is 2. The Balaban J connectivity index is 1.77. The number of rotatable bonds is 5. The second-order valence-electron chi connectivity index (χ2n) is 5.34. The molecule has 1 amide bonds. The maximum absolute atomic E-state index is 12.3. The van der Waals surface area contributed by atoms with Crippen LogP contribution in [0.3, 0.4) is 0 Å². The Morgan fingerprint density at radius 1 is 1.00 bits per heavy atom. The number of amides is 1. The van der Waals surface area contributed by atoms with Gasteiger partial charge in [0.1, 0.15) is 11.8 Å². The van der Waals surface area contributed by atoms with E-state index in [2.05, 4.69) is 0 Å². The van der Waals surface area contributed by atoms with Gasteiger partial charge in [0.2, 0.25) is 6.10 Å². The quantitative estimate of drug-likeness (QED) is 0.784. The topological polar surface area (TPSA) is 29.5 Å². The Hall–Kier alpha value is -2.81. The van der Waals surface area contributed by atoms with E-state index >= 15 is 0 Å². The second-order valence-corrected chi connectivity index (χ2v) is 5.34. The summed E-state index contributed by atoms with van der Waals surface area (Å²) in [5.74, 6) is 0.693. The van der Waals surface area contributed by atoms with Crippen LogP contribution < -0.4 is 4.74 Å². The number of nitrogens with zero attached hydrogens (tertiary/aromatic N) is 1. The number of ether oxygens (including phenoxy) is 1. The number of benzene rings is 2. The third-order valence-corrected chi connectivity index (χ3v) is 3.73. The van der Waals surface area contributed by atoms with E-state index in [0.717, 1.165) is 5.56 Å². The van der Waals surface area contributed by atoms with Crippen LogP contribution in [0.4, 0.5) is 0 Å². The summed E-state index contributed by atoms with van der Waals surface area (Å²) in [4.78, 5) is 14.0. The van der Waals surface area contributed by atoms with Gasteiger partial charge in [-0.3, -0.25) is 4.79 Å². The van der Waals surface area contributed by atoms with Gasteiger partial charge in [0.25, 0.3) is 5.91 Å². The van der Waals surface area contributed by atoms with Crippen LogP contribution in [0.1, 0.15) is 12.5 Å². The fraction of sp³-hybridized carbons (Fsp3) is 0.150. The third kappa shape index (κ3) is 3.34. The van der Waals surface area contributed by atoms with E-state index in [4.69, 9.17) is 4.74 Å². The number of carbonyl (C=O) groups is 1. The number of allylic oxidation sites excluding steroid dienone is 1. The van der Waals surface area contributed by atoms with Crippen LogP contribution in [0, 0.1) is 0 Å². The molecule has 2 atom stereocenters. The summed E-state index contributed by atoms with van der Waals surface area (Å²) in [5, 5.41) is 0. The Morgan fingerprint density at radius 3 is 2.30 bits per heavy atom. The van der Waals surface area contributed by atoms with Crippen molar-refractivity contribution in [2.24, 2.45) is 0 Å². The van der Waals surface area contributed by atoms with E-state index in [1.165, 1.54) is 0 Å². The van der Waals surface area contributed by atoms with Crippen molar-refractivity contribution in [2.75, 3.05) is 0 Å². The second kappa shape index (κ2) is 6.97. The van der Waals surface area contributed by atoms with E-state index in [-0.39, 0.29) is 11.9 Å². The largest absolute Gasteiger partial charge is 0.478 e. The first-order chi connectivity index (χ1) is 11.3. The van der Waals surface area contributed by atoms with Gasteiger partial charge in [-0.2, -0.15) is 0 Å². The van der Waals surface area contributed by atoms with Gasteiger partial charge in [0.15, 0.2) is 0 Å². The van der Waals surface area contributed by atoms with Crippen molar-refractivity contribution in [1.82, 2.24) is 4.90 Å². The summed E-state index contributed by atoms with van der Waals surface area (Å²) in [6.07, 6.45) is 7.22. The molecule has 0 saturated carbocycles. The monoisotopic (exact) mass is 305 g/mol. The molecule has 3 heteroatoms. The average Bonchev–Trinajstić information content (AvgIpc) is 2.61. The van der Waals surface area contributed by atoms with Crippen molar-refractivity contribution in [3.05, 3.63) is 84.6 Å². The van der Waals surface area contributed by atoms with Crippen molar-refractivity contribution in [3.8, 4) is 5.75 Å². The van der Waals surface area contributed by atoms with Crippen LogP contribution in [-0.4, -0.2) is 23.0 Å². The van der Waals surface area contributed by atoms with Gasteiger partial charge in [-0.15, -0.1) is 0 Å². The van der Waals surface area contributed by atoms with Gasteiger partial charge in [-0.1, -0.05) is 66.8 Å². The zero-order valence-corrected chi connectivity index (χ0v) is 13.0. The van der Waals surface area contributed by atoms with Crippen molar-refractivity contribution in [2.45, 2.75) is 19.1 Å². The lowest BCUT2D eigenvalue weighted by Gasteiger charge is -2.43. The maximum Gasteiger partial charge on any atom is 0.270 e. The van der Waals surface area contributed by atoms with Gasteiger partial charge in [0, 0.05) is 6.20 Å². The van der Waals surface area contributed by atoms with E-state index in [0.29, 0.717) is 5.75 Å². The summed E-state index contributed by atoms with van der Waals surface area (Å²) in [6.45, 7) is 1.90. The molecule has 1 aliphatic heterocycles. The number of likely N-dealkylation sites (tertiary alicyclic amines) is 1. The molecule has 0 aromatic heterocycles. The molecule has 1 aliphatic rings. The normalized spacial score (nSPS) is 20.9. The molecule has 1 fully saturated rings. The predicted molar refractivity (Wildman–Crippen MR) is 91.8 cm³/mol. The molecule has 0 radical (unpaired) electrons. The first kappa shape index (κ1) is 15.1. The highest BCUT2D eigenvalue weighted by Crippen LogP contribution is 2.27. The smallest absolute Gasteiger partial charge is 0.270 e. The lowest BCUT2D eigenvalue weighted by Crippen LogP contribution is -2.63. The Morgan fingerprint density at radius 2 is 1.65 bits per heavy atom. The molecule has 3 nitrogen and oxygen atoms in total. The standard InChI is InChI=1S/C20H19NO2/c1-2-15-21-18(14-13-16-9-5-3-6-10-16)19(20(21)22)23-17-11-7-4-8-12-17/h2-15,18-19H,1H3/b14-13+,15-2+/t18-,19+/m1/s1. The summed E-state index contributed by atoms with van der Waals surface area (Å²) in [7, 11) is 0. The maximum atomic E-state index is 12.3. The summed E-state index contributed by atoms with van der Waals surface area (Å²) < 4.78 is 5.86. The van der Waals surface area contributed by atoms with Crippen molar-refractivity contribution >= 4 is 12.0 Å². The predicted octanol–water partition coefficient (Wildman–Crippen LogP) is 3.89. The summed E-state index contributed by atoms with van der Waals surface area (Å²) in [5.41, 5.74) is 1.10. The molecule has 0 unspecified atom stereocenters. The van der Waals surface area contributed by atoms with Gasteiger partial charge in [0.05, 0.1) is 0 Å². The van der Waals surface area contributed by atoms with Crippen LogP contribution in [-0.2, 0) is 4.79 Å². The van der Waals surface area contributed by atoms with Crippen LogP contribution in [0.2, 0.25) is 0 Å². The summed E-state index contributed by atoms with van der Waals surface area (Å²) >= 11 is 0. The summed E-state index contributed by atoms with van der Waals surface area (Å²) in [6, 6.07) is 19.4. The molecule has 23 heavy (non-hydrogen) atoms. The number of para-hydroxylation sites is 1. The molecule has 3 rings (SSSR count). The number of hydrogen-bond donors (Lipinski definition) is 0. The molecule has 0 aliphatic carbocycles. The minimum Gasteiger partial charge on any atom is -0.478 e. The van der Waals surface area contributed by atoms with Crippen LogP contribution in [0.15, 0.2) is 79.0 Å². The van der Waals surface area contributed by atoms with Gasteiger partial charge in [-0.25, -0.2) is 0 Å². The molecule has 1 heterocycles. The Labute approximate surface area is 136 Å². The molecule has 1 saturated heterocycles. The van der Waals surface area contributed by atoms with E-state index < -0.39 is 6.10 Å². The lowest BCUT2D eigenvalue weighted by atomic mass is 9.97. The van der Waals surface area contributed by atoms with E-state index in [9.17, 15) is 4.79 Å². The van der Waals surface area contributed by atoms with Crippen LogP contribution >= 0.6 is 0 Å². The SMILES string of the molecule is C/C=C/N1C(=O)[C@@H](Oc2ccccc2)[C@H]1/C=C/c1ccccc1. The molecule has 0 bridgehead atoms. The van der Waals surface area contributed by atoms with E-state index in [1.54, 1.807) is 11.1 Å². The van der Waals surface area contributed by atoms with Gasteiger partial charge < -0.3 is 9.64 Å². The fourth-order valence-corrected chi connectivity index (χ4v) is 2.57. The van der Waals surface area contributed by atoms with Gasteiger partial charge >= 0.3 is 0 Å². The number of β-lactam (4-membered cyclic amide) rings is 1. The zero-order chi connectivity index (χ0) is 16.1. The lowest BCUT2D eigenvalue weighted by molar-refractivity contribution is -0.153. The molecule has 0 N–H and O–H groups in total. The zero-order valence-electron chi connectivity index (χ0n) is 13.0. The Bertz CT molecular complexity index is 707. The highest BCUT2D eigenvalue weighted by Gasteiger charge is 2.46. The molecule has 116 valence electrons. The average molecular weight is 305 g/mol. The third-order valence-electron chi connectivity index (χ3n) is 3.73.